The second-order valence-electron chi connectivity index (χ2n) is 4.03. The lowest BCUT2D eigenvalue weighted by Gasteiger charge is -2.21. The van der Waals surface area contributed by atoms with Gasteiger partial charge in [-0.15, -0.1) is 0 Å². The van der Waals surface area contributed by atoms with Crippen LogP contribution >= 0.6 is 11.6 Å². The van der Waals surface area contributed by atoms with Gasteiger partial charge in [-0.05, 0) is 12.5 Å². The topological polar surface area (TPSA) is 58.4 Å². The molecule has 0 bridgehead atoms. The number of carbonyl (C=O) groups excluding carboxylic acids is 1. The second-order valence-corrected chi connectivity index (χ2v) is 4.44. The molecule has 4 nitrogen and oxygen atoms in total. The summed E-state index contributed by atoms with van der Waals surface area (Å²) in [5.74, 6) is -0.680. The van der Waals surface area contributed by atoms with E-state index in [-0.39, 0.29) is 23.2 Å². The van der Waals surface area contributed by atoms with Gasteiger partial charge in [-0.3, -0.25) is 4.79 Å². The molecule has 1 amide bonds. The highest BCUT2D eigenvalue weighted by atomic mass is 35.5. The van der Waals surface area contributed by atoms with Crippen molar-refractivity contribution in [2.45, 2.75) is 13.3 Å². The number of carbonyl (C=O) groups is 1. The van der Waals surface area contributed by atoms with E-state index in [1.54, 1.807) is 11.9 Å². The van der Waals surface area contributed by atoms with Gasteiger partial charge in [-0.25, -0.2) is 4.39 Å². The third-order valence-electron chi connectivity index (χ3n) is 2.43. The maximum Gasteiger partial charge on any atom is 0.239 e. The summed E-state index contributed by atoms with van der Waals surface area (Å²) >= 11 is 5.69. The van der Waals surface area contributed by atoms with E-state index in [1.165, 1.54) is 6.07 Å². The molecule has 0 fully saturated rings. The van der Waals surface area contributed by atoms with Crippen LogP contribution < -0.4 is 16.0 Å². The highest BCUT2D eigenvalue weighted by molar-refractivity contribution is 6.31. The van der Waals surface area contributed by atoms with Gasteiger partial charge in [0.15, 0.2) is 0 Å². The van der Waals surface area contributed by atoms with Crippen LogP contribution in [-0.4, -0.2) is 26.0 Å². The van der Waals surface area contributed by atoms with E-state index in [2.05, 4.69) is 5.32 Å². The number of nitrogens with one attached hydrogen (secondary N) is 1. The van der Waals surface area contributed by atoms with E-state index in [0.29, 0.717) is 12.2 Å². The highest BCUT2D eigenvalue weighted by Crippen LogP contribution is 2.28. The molecule has 0 unspecified atom stereocenters. The van der Waals surface area contributed by atoms with Crippen molar-refractivity contribution >= 4 is 28.9 Å². The van der Waals surface area contributed by atoms with Crippen molar-refractivity contribution in [3.63, 3.8) is 0 Å². The fourth-order valence-electron chi connectivity index (χ4n) is 1.50. The Kier molecular flexibility index (Phi) is 5.22. The lowest BCUT2D eigenvalue weighted by Crippen LogP contribution is -2.35. The summed E-state index contributed by atoms with van der Waals surface area (Å²) in [6.07, 6.45) is 0.875. The quantitative estimate of drug-likeness (QED) is 0.807. The summed E-state index contributed by atoms with van der Waals surface area (Å²) in [7, 11) is 1.70. The minimum atomic E-state index is -0.568. The summed E-state index contributed by atoms with van der Waals surface area (Å²) in [6, 6.07) is 2.57. The number of likely N-dealkylation sites (N-methyl/N-ethyl adjacent to an activating group) is 1. The molecular formula is C12H17ClFN3O. The summed E-state index contributed by atoms with van der Waals surface area (Å²) in [5, 5.41) is 2.74. The SMILES string of the molecule is CCCNC(=O)CN(C)c1cc(Cl)c(F)cc1N. The van der Waals surface area contributed by atoms with Crippen LogP contribution in [0.5, 0.6) is 0 Å². The van der Waals surface area contributed by atoms with Gasteiger partial charge in [-0.2, -0.15) is 0 Å². The maximum atomic E-state index is 13.1. The van der Waals surface area contributed by atoms with Crippen LogP contribution in [0.3, 0.4) is 0 Å². The van der Waals surface area contributed by atoms with Gasteiger partial charge in [0.1, 0.15) is 5.82 Å². The monoisotopic (exact) mass is 273 g/mol. The summed E-state index contributed by atoms with van der Waals surface area (Å²) in [5.41, 5.74) is 6.48. The fourth-order valence-corrected chi connectivity index (χ4v) is 1.66. The van der Waals surface area contributed by atoms with E-state index in [0.717, 1.165) is 12.5 Å². The van der Waals surface area contributed by atoms with E-state index in [9.17, 15) is 9.18 Å². The molecule has 0 heterocycles. The average molecular weight is 274 g/mol. The summed E-state index contributed by atoms with van der Waals surface area (Å²) in [4.78, 5) is 13.2. The van der Waals surface area contributed by atoms with E-state index >= 15 is 0 Å². The van der Waals surface area contributed by atoms with E-state index in [1.807, 2.05) is 6.92 Å². The van der Waals surface area contributed by atoms with Gasteiger partial charge < -0.3 is 16.0 Å². The first-order valence-electron chi connectivity index (χ1n) is 5.68. The zero-order chi connectivity index (χ0) is 13.7. The average Bonchev–Trinajstić information content (AvgIpc) is 2.31. The Bertz CT molecular complexity index is 440. The van der Waals surface area contributed by atoms with E-state index < -0.39 is 5.82 Å². The molecule has 0 spiro atoms. The van der Waals surface area contributed by atoms with Gasteiger partial charge in [0.05, 0.1) is 22.9 Å². The molecule has 18 heavy (non-hydrogen) atoms. The van der Waals surface area contributed by atoms with Crippen molar-refractivity contribution in [3.8, 4) is 0 Å². The van der Waals surface area contributed by atoms with Gasteiger partial charge in [0, 0.05) is 19.7 Å². The minimum Gasteiger partial charge on any atom is -0.397 e. The number of nitrogens with zero attached hydrogens (tertiary/aromatic N) is 1. The van der Waals surface area contributed by atoms with Crippen molar-refractivity contribution in [1.29, 1.82) is 0 Å². The molecule has 3 N–H and O–H groups in total. The molecule has 1 aromatic rings. The minimum absolute atomic E-state index is 0.0139. The molecule has 0 aromatic heterocycles. The highest BCUT2D eigenvalue weighted by Gasteiger charge is 2.12. The van der Waals surface area contributed by atoms with Crippen LogP contribution in [-0.2, 0) is 4.79 Å². The van der Waals surface area contributed by atoms with Crippen LogP contribution in [0.2, 0.25) is 5.02 Å². The summed E-state index contributed by atoms with van der Waals surface area (Å²) in [6.45, 7) is 2.75. The molecule has 0 radical (unpaired) electrons. The van der Waals surface area contributed by atoms with Gasteiger partial charge in [-0.1, -0.05) is 18.5 Å². The van der Waals surface area contributed by atoms with Crippen molar-refractivity contribution in [1.82, 2.24) is 5.32 Å². The molecule has 100 valence electrons. The molecule has 1 rings (SSSR count). The lowest BCUT2D eigenvalue weighted by atomic mass is 10.2. The number of hydrogen-bond donors (Lipinski definition) is 2. The molecule has 1 aromatic carbocycles. The number of halogens is 2. The Labute approximate surface area is 111 Å². The molecule has 0 saturated carbocycles. The number of rotatable bonds is 5. The Morgan fingerprint density at radius 3 is 2.83 bits per heavy atom. The first-order valence-corrected chi connectivity index (χ1v) is 6.05. The molecule has 0 aliphatic rings. The molecular weight excluding hydrogens is 257 g/mol. The zero-order valence-electron chi connectivity index (χ0n) is 10.5. The van der Waals surface area contributed by atoms with Crippen LogP contribution in [0.25, 0.3) is 0 Å². The largest absolute Gasteiger partial charge is 0.397 e. The van der Waals surface area contributed by atoms with Crippen LogP contribution in [0.15, 0.2) is 12.1 Å². The van der Waals surface area contributed by atoms with Crippen molar-refractivity contribution in [2.24, 2.45) is 0 Å². The number of hydrogen-bond acceptors (Lipinski definition) is 3. The Balaban J connectivity index is 2.75. The Morgan fingerprint density at radius 1 is 1.56 bits per heavy atom. The van der Waals surface area contributed by atoms with Crippen LogP contribution in [0.4, 0.5) is 15.8 Å². The molecule has 6 heteroatoms. The molecule has 0 atom stereocenters. The number of amides is 1. The third kappa shape index (κ3) is 3.77. The maximum absolute atomic E-state index is 13.1. The summed E-state index contributed by atoms with van der Waals surface area (Å²) < 4.78 is 13.1. The molecule has 0 aliphatic heterocycles. The van der Waals surface area contributed by atoms with Gasteiger partial charge in [0.25, 0.3) is 0 Å². The molecule has 0 saturated heterocycles. The standard InChI is InChI=1S/C12H17ClFN3O/c1-3-4-16-12(18)7-17(2)11-5-8(13)9(14)6-10(11)15/h5-6H,3-4,7,15H2,1-2H3,(H,16,18). The second kappa shape index (κ2) is 6.44. The smallest absolute Gasteiger partial charge is 0.239 e. The first-order chi connectivity index (χ1) is 8.45. The molecule has 0 aliphatic carbocycles. The Morgan fingerprint density at radius 2 is 2.22 bits per heavy atom. The van der Waals surface area contributed by atoms with Crippen LogP contribution in [0.1, 0.15) is 13.3 Å². The van der Waals surface area contributed by atoms with Crippen LogP contribution in [0, 0.1) is 5.82 Å². The first kappa shape index (κ1) is 14.6. The van der Waals surface area contributed by atoms with Crippen molar-refractivity contribution < 1.29 is 9.18 Å². The van der Waals surface area contributed by atoms with Gasteiger partial charge in [0.2, 0.25) is 5.91 Å². The normalized spacial score (nSPS) is 10.2. The van der Waals surface area contributed by atoms with Crippen molar-refractivity contribution in [3.05, 3.63) is 23.0 Å². The Hall–Kier alpha value is -1.49. The zero-order valence-corrected chi connectivity index (χ0v) is 11.2. The number of nitrogens with two attached hydrogens (primary N) is 1. The van der Waals surface area contributed by atoms with Gasteiger partial charge >= 0.3 is 0 Å². The predicted octanol–water partition coefficient (Wildman–Crippen LogP) is 2.02. The lowest BCUT2D eigenvalue weighted by molar-refractivity contribution is -0.119. The number of benzene rings is 1. The van der Waals surface area contributed by atoms with E-state index in [4.69, 9.17) is 17.3 Å². The number of anilines is 2. The third-order valence-corrected chi connectivity index (χ3v) is 2.72. The van der Waals surface area contributed by atoms with Crippen molar-refractivity contribution in [2.75, 3.05) is 30.8 Å². The predicted molar refractivity (Wildman–Crippen MR) is 72.4 cm³/mol. The fraction of sp³-hybridized carbons (Fsp3) is 0.417. The number of nitrogen functional groups attached to an aromatic ring is 1.